The van der Waals surface area contributed by atoms with Crippen molar-refractivity contribution >= 4 is 5.96 Å². The van der Waals surface area contributed by atoms with Crippen LogP contribution in [-0.2, 0) is 0 Å². The van der Waals surface area contributed by atoms with Crippen LogP contribution < -0.4 is 15.4 Å². The lowest BCUT2D eigenvalue weighted by Crippen LogP contribution is -2.57. The first-order valence-electron chi connectivity index (χ1n) is 8.56. The molecule has 0 aliphatic carbocycles. The molecule has 1 aromatic carbocycles. The lowest BCUT2D eigenvalue weighted by atomic mass is 9.86. The van der Waals surface area contributed by atoms with Gasteiger partial charge in [-0.25, -0.2) is 0 Å². The SMILES string of the molecule is CCC(C)(C)NC(=NC#N)N[C@H]1c2cc(C#N)ccc2OC(C)(C)[C@@H]1O. The van der Waals surface area contributed by atoms with Crippen molar-refractivity contribution in [1.29, 1.82) is 10.5 Å². The summed E-state index contributed by atoms with van der Waals surface area (Å²) in [5.41, 5.74) is -0.0213. The van der Waals surface area contributed by atoms with Crippen LogP contribution in [0.3, 0.4) is 0 Å². The predicted octanol–water partition coefficient (Wildman–Crippen LogP) is 2.34. The Morgan fingerprint density at radius 2 is 2.08 bits per heavy atom. The quantitative estimate of drug-likeness (QED) is 0.436. The molecule has 0 saturated heterocycles. The first-order valence-corrected chi connectivity index (χ1v) is 8.56. The zero-order valence-corrected chi connectivity index (χ0v) is 15.8. The molecule has 1 aliphatic rings. The fraction of sp³-hybridized carbons (Fsp3) is 0.526. The number of hydrogen-bond acceptors (Lipinski definition) is 5. The maximum atomic E-state index is 10.8. The molecule has 0 unspecified atom stereocenters. The highest BCUT2D eigenvalue weighted by molar-refractivity contribution is 5.82. The molecule has 3 N–H and O–H groups in total. The Hall–Kier alpha value is -2.77. The van der Waals surface area contributed by atoms with Crippen molar-refractivity contribution in [2.45, 2.75) is 64.3 Å². The Morgan fingerprint density at radius 3 is 2.65 bits per heavy atom. The summed E-state index contributed by atoms with van der Waals surface area (Å²) in [6, 6.07) is 6.58. The van der Waals surface area contributed by atoms with E-state index in [2.05, 4.69) is 21.7 Å². The molecule has 0 saturated carbocycles. The van der Waals surface area contributed by atoms with Gasteiger partial charge in [0.05, 0.1) is 17.7 Å². The van der Waals surface area contributed by atoms with Crippen molar-refractivity contribution in [2.75, 3.05) is 0 Å². The third-order valence-electron chi connectivity index (χ3n) is 4.67. The van der Waals surface area contributed by atoms with Gasteiger partial charge in [-0.1, -0.05) is 6.92 Å². The summed E-state index contributed by atoms with van der Waals surface area (Å²) in [6.07, 6.45) is 1.68. The summed E-state index contributed by atoms with van der Waals surface area (Å²) >= 11 is 0. The third kappa shape index (κ3) is 4.07. The standard InChI is InChI=1S/C19H25N5O2/c1-6-18(2,3)24-17(22-11-21)23-15-13-9-12(10-20)7-8-14(13)26-19(4,5)16(15)25/h7-9,15-16,25H,6H2,1-5H3,(H2,22,23,24)/t15-,16+/m0/s1. The lowest BCUT2D eigenvalue weighted by Gasteiger charge is -2.43. The molecule has 0 fully saturated rings. The smallest absolute Gasteiger partial charge is 0.209 e. The molecule has 7 heteroatoms. The zero-order valence-electron chi connectivity index (χ0n) is 15.8. The van der Waals surface area contributed by atoms with Crippen LogP contribution in [0, 0.1) is 22.8 Å². The van der Waals surface area contributed by atoms with Crippen molar-refractivity contribution in [3.8, 4) is 18.0 Å². The summed E-state index contributed by atoms with van der Waals surface area (Å²) in [5, 5.41) is 35.4. The van der Waals surface area contributed by atoms with Crippen LogP contribution in [0.4, 0.5) is 0 Å². The van der Waals surface area contributed by atoms with E-state index in [4.69, 9.17) is 10.00 Å². The molecular weight excluding hydrogens is 330 g/mol. The van der Waals surface area contributed by atoms with Gasteiger partial charge in [-0.2, -0.15) is 10.5 Å². The average molecular weight is 355 g/mol. The molecule has 138 valence electrons. The monoisotopic (exact) mass is 355 g/mol. The molecule has 1 aromatic rings. The van der Waals surface area contributed by atoms with Crippen LogP contribution in [0.1, 0.15) is 58.2 Å². The number of fused-ring (bicyclic) bond motifs is 1. The van der Waals surface area contributed by atoms with E-state index < -0.39 is 17.7 Å². The Labute approximate surface area is 154 Å². The van der Waals surface area contributed by atoms with Crippen molar-refractivity contribution in [3.05, 3.63) is 29.3 Å². The van der Waals surface area contributed by atoms with Crippen LogP contribution in [0.15, 0.2) is 23.2 Å². The van der Waals surface area contributed by atoms with Crippen molar-refractivity contribution in [3.63, 3.8) is 0 Å². The fourth-order valence-electron chi connectivity index (χ4n) is 2.73. The van der Waals surface area contributed by atoms with Crippen LogP contribution in [0.2, 0.25) is 0 Å². The van der Waals surface area contributed by atoms with E-state index in [0.29, 0.717) is 16.9 Å². The zero-order chi connectivity index (χ0) is 19.5. The summed E-state index contributed by atoms with van der Waals surface area (Å²) in [4.78, 5) is 3.83. The number of ether oxygens (including phenoxy) is 1. The number of aliphatic hydroxyl groups excluding tert-OH is 1. The highest BCUT2D eigenvalue weighted by atomic mass is 16.5. The third-order valence-corrected chi connectivity index (χ3v) is 4.67. The highest BCUT2D eigenvalue weighted by Crippen LogP contribution is 2.40. The van der Waals surface area contributed by atoms with Gasteiger partial charge in [0.15, 0.2) is 0 Å². The Kier molecular flexibility index (Phi) is 5.44. The minimum Gasteiger partial charge on any atom is -0.485 e. The molecule has 1 aliphatic heterocycles. The molecule has 0 radical (unpaired) electrons. The van der Waals surface area contributed by atoms with Gasteiger partial charge in [0, 0.05) is 11.1 Å². The topological polar surface area (TPSA) is 113 Å². The number of nitrogens with zero attached hydrogens (tertiary/aromatic N) is 3. The van der Waals surface area contributed by atoms with E-state index in [-0.39, 0.29) is 11.5 Å². The molecule has 7 nitrogen and oxygen atoms in total. The van der Waals surface area contributed by atoms with Crippen LogP contribution in [0.5, 0.6) is 5.75 Å². The van der Waals surface area contributed by atoms with Gasteiger partial charge in [0.25, 0.3) is 0 Å². The summed E-state index contributed by atoms with van der Waals surface area (Å²) < 4.78 is 5.90. The second kappa shape index (κ2) is 7.23. The minimum atomic E-state index is -0.917. The van der Waals surface area contributed by atoms with Gasteiger partial charge in [0.2, 0.25) is 12.2 Å². The molecule has 26 heavy (non-hydrogen) atoms. The van der Waals surface area contributed by atoms with Gasteiger partial charge in [0.1, 0.15) is 17.5 Å². The van der Waals surface area contributed by atoms with E-state index in [1.54, 1.807) is 38.2 Å². The van der Waals surface area contributed by atoms with Gasteiger partial charge in [-0.15, -0.1) is 4.99 Å². The highest BCUT2D eigenvalue weighted by Gasteiger charge is 2.43. The molecule has 0 aromatic heterocycles. The normalized spacial score (nSPS) is 21.6. The molecule has 0 bridgehead atoms. The summed E-state index contributed by atoms with van der Waals surface area (Å²) in [6.45, 7) is 9.59. The van der Waals surface area contributed by atoms with Crippen molar-refractivity contribution in [2.24, 2.45) is 4.99 Å². The van der Waals surface area contributed by atoms with Gasteiger partial charge in [-0.05, 0) is 52.3 Å². The van der Waals surface area contributed by atoms with Gasteiger partial charge < -0.3 is 20.5 Å². The van der Waals surface area contributed by atoms with Gasteiger partial charge in [-0.3, -0.25) is 0 Å². The lowest BCUT2D eigenvalue weighted by molar-refractivity contribution is -0.0612. The van der Waals surface area contributed by atoms with Crippen molar-refractivity contribution in [1.82, 2.24) is 10.6 Å². The van der Waals surface area contributed by atoms with E-state index >= 15 is 0 Å². The predicted molar refractivity (Wildman–Crippen MR) is 98.3 cm³/mol. The Bertz CT molecular complexity index is 786. The van der Waals surface area contributed by atoms with Gasteiger partial charge >= 0.3 is 0 Å². The molecular formula is C19H25N5O2. The number of rotatable bonds is 3. The molecule has 0 spiro atoms. The van der Waals surface area contributed by atoms with Crippen LogP contribution in [-0.4, -0.2) is 28.3 Å². The number of nitriles is 2. The number of aliphatic imine (C=N–C) groups is 1. The summed E-state index contributed by atoms with van der Waals surface area (Å²) in [7, 11) is 0. The second-order valence-corrected chi connectivity index (χ2v) is 7.56. The summed E-state index contributed by atoms with van der Waals surface area (Å²) in [5.74, 6) is 0.859. The van der Waals surface area contributed by atoms with E-state index in [1.807, 2.05) is 20.8 Å². The van der Waals surface area contributed by atoms with E-state index in [9.17, 15) is 10.4 Å². The molecule has 1 heterocycles. The van der Waals surface area contributed by atoms with Crippen molar-refractivity contribution < 1.29 is 9.84 Å². The second-order valence-electron chi connectivity index (χ2n) is 7.56. The number of guanidine groups is 1. The number of nitrogens with one attached hydrogen (secondary N) is 2. The Morgan fingerprint density at radius 1 is 1.38 bits per heavy atom. The maximum Gasteiger partial charge on any atom is 0.209 e. The first kappa shape index (κ1) is 19.6. The van der Waals surface area contributed by atoms with E-state index in [1.165, 1.54) is 0 Å². The minimum absolute atomic E-state index is 0.273. The fourth-order valence-corrected chi connectivity index (χ4v) is 2.73. The van der Waals surface area contributed by atoms with Crippen LogP contribution in [0.25, 0.3) is 0 Å². The average Bonchev–Trinajstić information content (AvgIpc) is 2.58. The van der Waals surface area contributed by atoms with Crippen LogP contribution >= 0.6 is 0 Å². The Balaban J connectivity index is 2.44. The van der Waals surface area contributed by atoms with E-state index in [0.717, 1.165) is 6.42 Å². The number of aliphatic hydroxyl groups is 1. The maximum absolute atomic E-state index is 10.8. The number of hydrogen-bond donors (Lipinski definition) is 3. The number of benzene rings is 1. The molecule has 2 rings (SSSR count). The largest absolute Gasteiger partial charge is 0.485 e. The molecule has 2 atom stereocenters. The first-order chi connectivity index (χ1) is 12.1. The molecule has 0 amide bonds.